The van der Waals surface area contributed by atoms with Crippen molar-refractivity contribution in [2.45, 2.75) is 37.6 Å². The first-order chi connectivity index (χ1) is 13.3. The van der Waals surface area contributed by atoms with Gasteiger partial charge in [0.2, 0.25) is 15.6 Å². The van der Waals surface area contributed by atoms with Crippen LogP contribution in [0.4, 0.5) is 0 Å². The molecule has 2 aliphatic rings. The van der Waals surface area contributed by atoms with Crippen LogP contribution >= 0.6 is 0 Å². The van der Waals surface area contributed by atoms with Gasteiger partial charge < -0.3 is 10.3 Å². The molecule has 0 radical (unpaired) electrons. The highest BCUT2D eigenvalue weighted by Crippen LogP contribution is 2.39. The van der Waals surface area contributed by atoms with E-state index in [1.807, 2.05) is 0 Å². The molecule has 10 heteroatoms. The van der Waals surface area contributed by atoms with Gasteiger partial charge in [0.1, 0.15) is 10.6 Å². The molecule has 3 atom stereocenters. The maximum absolute atomic E-state index is 13.1. The Bertz CT molecular complexity index is 1040. The second kappa shape index (κ2) is 6.85. The Morgan fingerprint density at radius 1 is 1.21 bits per heavy atom. The van der Waals surface area contributed by atoms with Crippen molar-refractivity contribution in [3.63, 3.8) is 0 Å². The molecule has 0 aromatic carbocycles. The van der Waals surface area contributed by atoms with Gasteiger partial charge in [0.05, 0.1) is 11.4 Å². The van der Waals surface area contributed by atoms with Gasteiger partial charge >= 0.3 is 0 Å². The van der Waals surface area contributed by atoms with Gasteiger partial charge in [0, 0.05) is 25.2 Å². The standard InChI is InChI=1S/C18H23N5O4S/c1-10-17(11(2)22-21-10)28(26,27)23-8-12-6-7-13(9-23)16(12)20-18(25)14-4-3-5-15(24)19-14/h3-5,12-13,16H,6-9H2,1-2H3,(H,19,24)(H,20,25)(H,21,22)/t12-,13+,16?. The molecule has 1 aliphatic heterocycles. The summed E-state index contributed by atoms with van der Waals surface area (Å²) in [4.78, 5) is 26.7. The zero-order chi connectivity index (χ0) is 20.1. The summed E-state index contributed by atoms with van der Waals surface area (Å²) in [5.74, 6) is -0.252. The van der Waals surface area contributed by atoms with Crippen molar-refractivity contribution < 1.29 is 13.2 Å². The molecular formula is C18H23N5O4S. The van der Waals surface area contributed by atoms with E-state index in [-0.39, 0.29) is 39.9 Å². The minimum absolute atomic E-state index is 0.0421. The molecule has 2 bridgehead atoms. The second-order valence-corrected chi connectivity index (χ2v) is 9.49. The zero-order valence-electron chi connectivity index (χ0n) is 15.7. The predicted octanol–water partition coefficient (Wildman–Crippen LogP) is 0.544. The minimum Gasteiger partial charge on any atom is -0.347 e. The van der Waals surface area contributed by atoms with Crippen LogP contribution in [0.15, 0.2) is 27.9 Å². The molecule has 1 saturated carbocycles. The van der Waals surface area contributed by atoms with E-state index >= 15 is 0 Å². The lowest BCUT2D eigenvalue weighted by Crippen LogP contribution is -2.54. The van der Waals surface area contributed by atoms with Gasteiger partial charge in [0.15, 0.2) is 0 Å². The summed E-state index contributed by atoms with van der Waals surface area (Å²) >= 11 is 0. The number of H-pyrrole nitrogens is 2. The van der Waals surface area contributed by atoms with E-state index < -0.39 is 10.0 Å². The molecule has 3 N–H and O–H groups in total. The zero-order valence-corrected chi connectivity index (χ0v) is 16.5. The number of aryl methyl sites for hydroxylation is 2. The average molecular weight is 405 g/mol. The number of aromatic nitrogens is 3. The lowest BCUT2D eigenvalue weighted by molar-refractivity contribution is 0.0882. The van der Waals surface area contributed by atoms with Crippen LogP contribution in [0, 0.1) is 25.7 Å². The quantitative estimate of drug-likeness (QED) is 0.684. The maximum atomic E-state index is 13.1. The number of amides is 1. The summed E-state index contributed by atoms with van der Waals surface area (Å²) in [5.41, 5.74) is 0.885. The third-order valence-electron chi connectivity index (χ3n) is 5.77. The summed E-state index contributed by atoms with van der Waals surface area (Å²) in [7, 11) is -3.64. The summed E-state index contributed by atoms with van der Waals surface area (Å²) < 4.78 is 27.8. The Balaban J connectivity index is 1.52. The summed E-state index contributed by atoms with van der Waals surface area (Å²) in [6, 6.07) is 4.34. The number of hydrogen-bond donors (Lipinski definition) is 3. The topological polar surface area (TPSA) is 128 Å². The normalized spacial score (nSPS) is 25.0. The van der Waals surface area contributed by atoms with Gasteiger partial charge in [-0.3, -0.25) is 14.7 Å². The lowest BCUT2D eigenvalue weighted by atomic mass is 9.93. The van der Waals surface area contributed by atoms with Crippen molar-refractivity contribution in [1.82, 2.24) is 24.8 Å². The Morgan fingerprint density at radius 3 is 2.46 bits per heavy atom. The molecule has 2 aromatic heterocycles. The van der Waals surface area contributed by atoms with Crippen molar-refractivity contribution in [2.24, 2.45) is 11.8 Å². The molecule has 1 saturated heterocycles. The van der Waals surface area contributed by atoms with Crippen molar-refractivity contribution in [2.75, 3.05) is 13.1 Å². The minimum atomic E-state index is -3.64. The van der Waals surface area contributed by atoms with Crippen LogP contribution in [0.2, 0.25) is 0 Å². The number of carbonyl (C=O) groups excluding carboxylic acids is 1. The van der Waals surface area contributed by atoms with Gasteiger partial charge in [-0.25, -0.2) is 8.42 Å². The van der Waals surface area contributed by atoms with Gasteiger partial charge in [0.25, 0.3) is 5.91 Å². The number of piperidine rings is 1. The number of rotatable bonds is 4. The number of carbonyl (C=O) groups is 1. The van der Waals surface area contributed by atoms with E-state index in [1.54, 1.807) is 19.9 Å². The molecule has 1 aliphatic carbocycles. The Morgan fingerprint density at radius 2 is 1.89 bits per heavy atom. The van der Waals surface area contributed by atoms with Gasteiger partial charge in [-0.1, -0.05) is 6.07 Å². The first-order valence-electron chi connectivity index (χ1n) is 9.29. The molecule has 1 amide bonds. The van der Waals surface area contributed by atoms with E-state index in [2.05, 4.69) is 20.5 Å². The van der Waals surface area contributed by atoms with Crippen molar-refractivity contribution in [1.29, 1.82) is 0 Å². The van der Waals surface area contributed by atoms with Crippen molar-refractivity contribution in [3.05, 3.63) is 45.6 Å². The Labute approximate surface area is 162 Å². The van der Waals surface area contributed by atoms with E-state index in [4.69, 9.17) is 0 Å². The highest BCUT2D eigenvalue weighted by atomic mass is 32.2. The van der Waals surface area contributed by atoms with Crippen LogP contribution in [0.3, 0.4) is 0 Å². The van der Waals surface area contributed by atoms with Crippen molar-refractivity contribution >= 4 is 15.9 Å². The number of fused-ring (bicyclic) bond motifs is 2. The van der Waals surface area contributed by atoms with Crippen LogP contribution in [0.1, 0.15) is 34.7 Å². The first-order valence-corrected chi connectivity index (χ1v) is 10.7. The van der Waals surface area contributed by atoms with Crippen LogP contribution < -0.4 is 10.9 Å². The van der Waals surface area contributed by atoms with E-state index in [9.17, 15) is 18.0 Å². The van der Waals surface area contributed by atoms with Crippen LogP contribution in [0.25, 0.3) is 0 Å². The molecular weight excluding hydrogens is 382 g/mol. The molecule has 28 heavy (non-hydrogen) atoms. The molecule has 2 fully saturated rings. The molecule has 4 rings (SSSR count). The van der Waals surface area contributed by atoms with E-state index in [0.717, 1.165) is 12.8 Å². The summed E-state index contributed by atoms with van der Waals surface area (Å²) in [5, 5.41) is 9.75. The molecule has 150 valence electrons. The summed E-state index contributed by atoms with van der Waals surface area (Å²) in [6.07, 6.45) is 1.71. The number of sulfonamides is 1. The molecule has 1 unspecified atom stereocenters. The number of nitrogens with zero attached hydrogens (tertiary/aromatic N) is 2. The third kappa shape index (κ3) is 3.16. The summed E-state index contributed by atoms with van der Waals surface area (Å²) in [6.45, 7) is 4.10. The fourth-order valence-electron chi connectivity index (χ4n) is 4.47. The molecule has 0 spiro atoms. The fourth-order valence-corrected chi connectivity index (χ4v) is 6.36. The second-order valence-electron chi connectivity index (χ2n) is 7.61. The van der Waals surface area contributed by atoms with E-state index in [0.29, 0.717) is 24.5 Å². The van der Waals surface area contributed by atoms with Gasteiger partial charge in [-0.05, 0) is 44.6 Å². The maximum Gasteiger partial charge on any atom is 0.268 e. The number of aromatic amines is 2. The molecule has 3 heterocycles. The Hall–Kier alpha value is -2.46. The van der Waals surface area contributed by atoms with Gasteiger partial charge in [-0.15, -0.1) is 0 Å². The van der Waals surface area contributed by atoms with Crippen LogP contribution in [0.5, 0.6) is 0 Å². The lowest BCUT2D eigenvalue weighted by Gasteiger charge is -2.37. The predicted molar refractivity (Wildman–Crippen MR) is 101 cm³/mol. The molecule has 2 aromatic rings. The number of hydrogen-bond acceptors (Lipinski definition) is 5. The Kier molecular flexibility index (Phi) is 4.62. The largest absolute Gasteiger partial charge is 0.347 e. The smallest absolute Gasteiger partial charge is 0.268 e. The van der Waals surface area contributed by atoms with Gasteiger partial charge in [-0.2, -0.15) is 9.40 Å². The highest BCUT2D eigenvalue weighted by Gasteiger charge is 2.46. The third-order valence-corrected chi connectivity index (χ3v) is 7.86. The average Bonchev–Trinajstić information content (AvgIpc) is 3.08. The van der Waals surface area contributed by atoms with Crippen LogP contribution in [-0.4, -0.2) is 52.9 Å². The number of pyridine rings is 1. The van der Waals surface area contributed by atoms with Crippen molar-refractivity contribution in [3.8, 4) is 0 Å². The van der Waals surface area contributed by atoms with Crippen LogP contribution in [-0.2, 0) is 10.0 Å². The highest BCUT2D eigenvalue weighted by molar-refractivity contribution is 7.89. The fraction of sp³-hybridized carbons (Fsp3) is 0.500. The SMILES string of the molecule is Cc1n[nH]c(C)c1S(=O)(=O)N1C[C@H]2CC[C@@H](C1)C2NC(=O)c1cccc(=O)[nH]1. The van der Waals surface area contributed by atoms with E-state index in [1.165, 1.54) is 16.4 Å². The monoisotopic (exact) mass is 405 g/mol. The number of nitrogens with one attached hydrogen (secondary N) is 3. The first kappa shape index (κ1) is 18.9. The molecule has 9 nitrogen and oxygen atoms in total.